The van der Waals surface area contributed by atoms with E-state index in [0.717, 1.165) is 23.4 Å². The van der Waals surface area contributed by atoms with E-state index in [2.05, 4.69) is 5.32 Å². The summed E-state index contributed by atoms with van der Waals surface area (Å²) in [6.45, 7) is 0.737. The molecule has 1 unspecified atom stereocenters. The summed E-state index contributed by atoms with van der Waals surface area (Å²) in [4.78, 5) is 0. The molecule has 0 aromatic heterocycles. The van der Waals surface area contributed by atoms with E-state index in [1.165, 1.54) is 5.06 Å². The van der Waals surface area contributed by atoms with Gasteiger partial charge in [0.05, 0.1) is 5.69 Å². The molecule has 0 aliphatic carbocycles. The molecule has 0 fully saturated rings. The Morgan fingerprint density at radius 3 is 2.61 bits per heavy atom. The van der Waals surface area contributed by atoms with Gasteiger partial charge in [-0.15, -0.1) is 0 Å². The van der Waals surface area contributed by atoms with Gasteiger partial charge < -0.3 is 0 Å². The Morgan fingerprint density at radius 1 is 1.11 bits per heavy atom. The highest BCUT2D eigenvalue weighted by Crippen LogP contribution is 2.31. The summed E-state index contributed by atoms with van der Waals surface area (Å²) in [7, 11) is 0. The van der Waals surface area contributed by atoms with Crippen LogP contribution in [0.1, 0.15) is 17.3 Å². The van der Waals surface area contributed by atoms with Crippen LogP contribution in [0.3, 0.4) is 0 Å². The van der Waals surface area contributed by atoms with Gasteiger partial charge in [-0.2, -0.15) is 0 Å². The highest BCUT2D eigenvalue weighted by molar-refractivity contribution is 6.30. The number of hydroxylamine groups is 1. The molecule has 1 heterocycles. The number of hydrogen-bond donors (Lipinski definition) is 2. The van der Waals surface area contributed by atoms with Gasteiger partial charge in [-0.1, -0.05) is 41.9 Å². The molecule has 2 aromatic carbocycles. The second-order valence-corrected chi connectivity index (χ2v) is 4.74. The van der Waals surface area contributed by atoms with Gasteiger partial charge in [-0.05, 0) is 29.3 Å². The topological polar surface area (TPSA) is 35.5 Å². The third kappa shape index (κ3) is 1.97. The molecule has 0 amide bonds. The number of hydrogen-bond acceptors (Lipinski definition) is 3. The van der Waals surface area contributed by atoms with Gasteiger partial charge in [0, 0.05) is 11.6 Å². The van der Waals surface area contributed by atoms with Crippen molar-refractivity contribution in [2.24, 2.45) is 0 Å². The van der Waals surface area contributed by atoms with Crippen LogP contribution in [-0.2, 0) is 6.54 Å². The molecule has 0 saturated heterocycles. The lowest BCUT2D eigenvalue weighted by atomic mass is 10.1. The number of fused-ring (bicyclic) bond motifs is 1. The molecular weight excluding hydrogens is 248 g/mol. The monoisotopic (exact) mass is 260 g/mol. The number of nitrogens with zero attached hydrogens (tertiary/aromatic N) is 1. The van der Waals surface area contributed by atoms with Crippen molar-refractivity contribution in [1.82, 2.24) is 5.32 Å². The van der Waals surface area contributed by atoms with Crippen LogP contribution in [0.5, 0.6) is 0 Å². The van der Waals surface area contributed by atoms with Crippen LogP contribution in [-0.4, -0.2) is 5.21 Å². The van der Waals surface area contributed by atoms with Crippen molar-refractivity contribution in [3.63, 3.8) is 0 Å². The summed E-state index contributed by atoms with van der Waals surface area (Å²) in [6.07, 6.45) is -0.239. The van der Waals surface area contributed by atoms with Crippen LogP contribution >= 0.6 is 11.6 Å². The van der Waals surface area contributed by atoms with Gasteiger partial charge in [-0.3, -0.25) is 10.5 Å². The predicted molar refractivity (Wildman–Crippen MR) is 71.7 cm³/mol. The number of nitrogens with one attached hydrogen (secondary N) is 1. The fraction of sp³-hybridized carbons (Fsp3) is 0.143. The van der Waals surface area contributed by atoms with Gasteiger partial charge in [-0.25, -0.2) is 5.06 Å². The van der Waals surface area contributed by atoms with Crippen molar-refractivity contribution in [3.8, 4) is 0 Å². The highest BCUT2D eigenvalue weighted by atomic mass is 35.5. The smallest absolute Gasteiger partial charge is 0.132 e. The van der Waals surface area contributed by atoms with Gasteiger partial charge in [0.15, 0.2) is 0 Å². The zero-order chi connectivity index (χ0) is 12.5. The van der Waals surface area contributed by atoms with Crippen LogP contribution < -0.4 is 10.4 Å². The van der Waals surface area contributed by atoms with Crippen LogP contribution in [0.4, 0.5) is 5.69 Å². The quantitative estimate of drug-likeness (QED) is 0.826. The SMILES string of the molecule is ON1c2ccccc2CNC1c1ccc(Cl)cc1. The van der Waals surface area contributed by atoms with Crippen LogP contribution in [0, 0.1) is 0 Å². The molecule has 4 heteroatoms. The number of benzene rings is 2. The van der Waals surface area contributed by atoms with E-state index >= 15 is 0 Å². The minimum absolute atomic E-state index is 0.239. The van der Waals surface area contributed by atoms with Crippen molar-refractivity contribution < 1.29 is 5.21 Å². The largest absolute Gasteiger partial charge is 0.287 e. The first-order valence-electron chi connectivity index (χ1n) is 5.80. The third-order valence-electron chi connectivity index (χ3n) is 3.15. The normalized spacial score (nSPS) is 18.6. The third-order valence-corrected chi connectivity index (χ3v) is 3.41. The van der Waals surface area contributed by atoms with Crippen molar-refractivity contribution in [1.29, 1.82) is 0 Å². The molecule has 1 atom stereocenters. The Hall–Kier alpha value is -1.55. The summed E-state index contributed by atoms with van der Waals surface area (Å²) in [6, 6.07) is 15.3. The maximum absolute atomic E-state index is 10.3. The molecule has 2 N–H and O–H groups in total. The highest BCUT2D eigenvalue weighted by Gasteiger charge is 2.25. The first-order chi connectivity index (χ1) is 8.75. The molecule has 1 aliphatic heterocycles. The first-order valence-corrected chi connectivity index (χ1v) is 6.18. The van der Waals surface area contributed by atoms with Crippen molar-refractivity contribution in [2.45, 2.75) is 12.7 Å². The second kappa shape index (κ2) is 4.61. The fourth-order valence-corrected chi connectivity index (χ4v) is 2.35. The lowest BCUT2D eigenvalue weighted by molar-refractivity contribution is 0.187. The van der Waals surface area contributed by atoms with E-state index in [9.17, 15) is 5.21 Å². The zero-order valence-corrected chi connectivity index (χ0v) is 10.4. The summed E-state index contributed by atoms with van der Waals surface area (Å²) >= 11 is 5.87. The minimum atomic E-state index is -0.239. The van der Waals surface area contributed by atoms with E-state index < -0.39 is 0 Å². The van der Waals surface area contributed by atoms with E-state index in [1.54, 1.807) is 0 Å². The average Bonchev–Trinajstić information content (AvgIpc) is 2.41. The summed E-state index contributed by atoms with van der Waals surface area (Å²) in [5.74, 6) is 0. The zero-order valence-electron chi connectivity index (χ0n) is 9.68. The fourth-order valence-electron chi connectivity index (χ4n) is 2.22. The molecule has 0 radical (unpaired) electrons. The Bertz CT molecular complexity index is 556. The molecule has 3 rings (SSSR count). The molecule has 18 heavy (non-hydrogen) atoms. The lowest BCUT2D eigenvalue weighted by Crippen LogP contribution is -2.40. The molecular formula is C14H13ClN2O. The first kappa shape index (κ1) is 11.5. The molecule has 1 aliphatic rings. The molecule has 2 aromatic rings. The second-order valence-electron chi connectivity index (χ2n) is 4.31. The van der Waals surface area contributed by atoms with Gasteiger partial charge >= 0.3 is 0 Å². The Morgan fingerprint density at radius 2 is 1.83 bits per heavy atom. The molecule has 3 nitrogen and oxygen atoms in total. The Balaban J connectivity index is 1.95. The Kier molecular flexibility index (Phi) is 2.96. The molecule has 0 spiro atoms. The van der Waals surface area contributed by atoms with Gasteiger partial charge in [0.1, 0.15) is 6.17 Å². The summed E-state index contributed by atoms with van der Waals surface area (Å²) in [5, 5.41) is 15.5. The number of rotatable bonds is 1. The van der Waals surface area contributed by atoms with Crippen LogP contribution in [0.2, 0.25) is 5.02 Å². The van der Waals surface area contributed by atoms with Gasteiger partial charge in [0.2, 0.25) is 0 Å². The standard InChI is InChI=1S/C14H13ClN2O/c15-12-7-5-10(6-8-12)14-16-9-11-3-1-2-4-13(11)17(14)18/h1-8,14,16,18H,9H2. The number of anilines is 1. The van der Waals surface area contributed by atoms with Crippen molar-refractivity contribution in [3.05, 3.63) is 64.7 Å². The molecule has 0 bridgehead atoms. The minimum Gasteiger partial charge on any atom is -0.287 e. The lowest BCUT2D eigenvalue weighted by Gasteiger charge is -2.34. The van der Waals surface area contributed by atoms with Crippen LogP contribution in [0.15, 0.2) is 48.5 Å². The molecule has 0 saturated carbocycles. The Labute approximate surface area is 111 Å². The molecule has 92 valence electrons. The van der Waals surface area contributed by atoms with E-state index in [0.29, 0.717) is 5.02 Å². The van der Waals surface area contributed by atoms with Crippen molar-refractivity contribution in [2.75, 3.05) is 5.06 Å². The van der Waals surface area contributed by atoms with Crippen LogP contribution in [0.25, 0.3) is 0 Å². The maximum Gasteiger partial charge on any atom is 0.132 e. The average molecular weight is 261 g/mol. The van der Waals surface area contributed by atoms with Crippen molar-refractivity contribution >= 4 is 17.3 Å². The number of para-hydroxylation sites is 1. The van der Waals surface area contributed by atoms with E-state index in [4.69, 9.17) is 11.6 Å². The summed E-state index contributed by atoms with van der Waals surface area (Å²) < 4.78 is 0. The van der Waals surface area contributed by atoms with E-state index in [-0.39, 0.29) is 6.17 Å². The number of halogens is 1. The predicted octanol–water partition coefficient (Wildman–Crippen LogP) is 3.34. The van der Waals surface area contributed by atoms with E-state index in [1.807, 2.05) is 48.5 Å². The maximum atomic E-state index is 10.3. The van der Waals surface area contributed by atoms with Gasteiger partial charge in [0.25, 0.3) is 0 Å². The summed E-state index contributed by atoms with van der Waals surface area (Å²) in [5.41, 5.74) is 2.91.